The predicted molar refractivity (Wildman–Crippen MR) is 143 cm³/mol. The molecule has 0 radical (unpaired) electrons. The lowest BCUT2D eigenvalue weighted by atomic mass is 9.92. The van der Waals surface area contributed by atoms with Crippen molar-refractivity contribution >= 4 is 30.8 Å². The maximum Gasteiger partial charge on any atom is 0.471 e. The molecule has 3 N–H and O–H groups in total. The summed E-state index contributed by atoms with van der Waals surface area (Å²) < 4.78 is 51.0. The number of phosphoric acid groups is 1. The minimum Gasteiger partial charge on any atom is -0.379 e. The molecular weight excluding hydrogens is 583 g/mol. The van der Waals surface area contributed by atoms with E-state index in [9.17, 15) is 18.1 Å². The van der Waals surface area contributed by atoms with E-state index < -0.39 is 38.3 Å². The van der Waals surface area contributed by atoms with Crippen LogP contribution in [0.5, 0.6) is 0 Å². The molecule has 1 saturated carbocycles. The first-order valence-corrected chi connectivity index (χ1v) is 15.3. The second kappa shape index (κ2) is 12.4. The number of aromatic nitrogens is 4. The highest BCUT2D eigenvalue weighted by Crippen LogP contribution is 2.36. The first kappa shape index (κ1) is 29.4. The second-order valence-corrected chi connectivity index (χ2v) is 11.6. The monoisotopic (exact) mass is 611 g/mol. The van der Waals surface area contributed by atoms with Gasteiger partial charge >= 0.3 is 7.82 Å². The second-order valence-electron chi connectivity index (χ2n) is 9.54. The highest BCUT2D eigenvalue weighted by Gasteiger charge is 2.37. The maximum absolute atomic E-state index is 14.7. The molecular formula is C24H28F2N7O6PS. The Hall–Kier alpha value is -3.14. The molecule has 220 valence electrons. The third-order valence-electron chi connectivity index (χ3n) is 6.74. The van der Waals surface area contributed by atoms with Gasteiger partial charge in [0.25, 0.3) is 5.91 Å². The molecule has 2 aliphatic rings. The number of carbonyl (C=O) groups is 1. The maximum atomic E-state index is 14.7. The van der Waals surface area contributed by atoms with Gasteiger partial charge in [-0.2, -0.15) is 14.6 Å². The van der Waals surface area contributed by atoms with Crippen LogP contribution in [-0.2, 0) is 20.6 Å². The summed E-state index contributed by atoms with van der Waals surface area (Å²) in [5.74, 6) is -2.15. The molecule has 4 heterocycles. The average Bonchev–Trinajstić information content (AvgIpc) is 3.69. The zero-order valence-electron chi connectivity index (χ0n) is 21.9. The van der Waals surface area contributed by atoms with Crippen molar-refractivity contribution in [2.24, 2.45) is 5.10 Å². The Morgan fingerprint density at radius 2 is 2.00 bits per heavy atom. The van der Waals surface area contributed by atoms with Gasteiger partial charge in [-0.1, -0.05) is 0 Å². The van der Waals surface area contributed by atoms with Gasteiger partial charge in [-0.3, -0.25) is 14.3 Å². The largest absolute Gasteiger partial charge is 0.471 e. The third-order valence-corrected chi connectivity index (χ3v) is 8.08. The normalized spacial score (nSPS) is 21.2. The van der Waals surface area contributed by atoms with Crippen molar-refractivity contribution in [3.8, 4) is 10.6 Å². The summed E-state index contributed by atoms with van der Waals surface area (Å²) in [5, 5.41) is 15.2. The molecule has 0 saturated heterocycles. The van der Waals surface area contributed by atoms with Gasteiger partial charge in [-0.15, -0.1) is 11.3 Å². The number of amides is 1. The van der Waals surface area contributed by atoms with E-state index in [0.29, 0.717) is 17.2 Å². The molecule has 1 fully saturated rings. The van der Waals surface area contributed by atoms with Crippen molar-refractivity contribution < 1.29 is 37.2 Å². The highest BCUT2D eigenvalue weighted by molar-refractivity contribution is 7.46. The molecule has 1 amide bonds. The first-order chi connectivity index (χ1) is 19.6. The van der Waals surface area contributed by atoms with Crippen LogP contribution in [0.1, 0.15) is 48.8 Å². The summed E-state index contributed by atoms with van der Waals surface area (Å²) in [7, 11) is -4.66. The van der Waals surface area contributed by atoms with Crippen LogP contribution >= 0.6 is 19.2 Å². The number of hydrogen-bond acceptors (Lipinski definition) is 10. The standard InChI is InChI=1S/C24H28F2N7O6PS/c1-2-38-16-5-3-15(4-6-16)33-11-18(22(31-33)21-17(25)7-8-20(26)30-21)28-23(34)19-12-41-24(29-19)14-9-27-32(10-14)13-39-40(35,36)37/h7-10,12,15-16,18H,2-6,11,13H2,1H3,(H,28,34)(H2,35,36,37). The van der Waals surface area contributed by atoms with Gasteiger partial charge in [0, 0.05) is 29.8 Å². The lowest BCUT2D eigenvalue weighted by Crippen LogP contribution is -2.45. The quantitative estimate of drug-likeness (QED) is 0.229. The van der Waals surface area contributed by atoms with Gasteiger partial charge in [0.15, 0.2) is 12.5 Å². The van der Waals surface area contributed by atoms with Crippen molar-refractivity contribution in [2.75, 3.05) is 13.2 Å². The molecule has 0 spiro atoms. The number of hydrazone groups is 1. The number of rotatable bonds is 10. The summed E-state index contributed by atoms with van der Waals surface area (Å²) in [6.45, 7) is 2.39. The van der Waals surface area contributed by atoms with Crippen LogP contribution in [0.2, 0.25) is 0 Å². The molecule has 1 atom stereocenters. The lowest BCUT2D eigenvalue weighted by molar-refractivity contribution is 0.0150. The fourth-order valence-corrected chi connectivity index (χ4v) is 5.89. The number of ether oxygens (including phenoxy) is 1. The Morgan fingerprint density at radius 1 is 1.22 bits per heavy atom. The summed E-state index contributed by atoms with van der Waals surface area (Å²) in [5.41, 5.74) is 0.465. The smallest absolute Gasteiger partial charge is 0.379 e. The fourth-order valence-electron chi connectivity index (χ4n) is 4.84. The van der Waals surface area contributed by atoms with Crippen LogP contribution in [0.4, 0.5) is 8.78 Å². The third kappa shape index (κ3) is 7.20. The van der Waals surface area contributed by atoms with Crippen LogP contribution in [0.15, 0.2) is 35.0 Å². The first-order valence-electron chi connectivity index (χ1n) is 12.9. The van der Waals surface area contributed by atoms with Crippen molar-refractivity contribution in [3.05, 3.63) is 53.1 Å². The SMILES string of the molecule is CCOC1CCC(N2CC(NC(=O)c3csc(-c4cnn(COP(=O)(O)O)c4)n3)C(c3nc(F)ccc3F)=N2)CC1. The van der Waals surface area contributed by atoms with E-state index in [2.05, 4.69) is 30.0 Å². The Bertz CT molecular complexity index is 1470. The molecule has 3 aromatic rings. The molecule has 0 bridgehead atoms. The Balaban J connectivity index is 1.30. The van der Waals surface area contributed by atoms with Crippen molar-refractivity contribution in [2.45, 2.75) is 57.5 Å². The number of thiazole rings is 1. The van der Waals surface area contributed by atoms with E-state index in [0.717, 1.165) is 49.2 Å². The van der Waals surface area contributed by atoms with Gasteiger partial charge in [0.05, 0.1) is 24.9 Å². The molecule has 1 aliphatic carbocycles. The Kier molecular flexibility index (Phi) is 8.87. The number of halogens is 2. The average molecular weight is 612 g/mol. The van der Waals surface area contributed by atoms with Gasteiger partial charge in [0.2, 0.25) is 5.95 Å². The number of hydrogen-bond donors (Lipinski definition) is 3. The van der Waals surface area contributed by atoms with Gasteiger partial charge in [0.1, 0.15) is 22.1 Å². The number of nitrogens with zero attached hydrogens (tertiary/aromatic N) is 6. The summed E-state index contributed by atoms with van der Waals surface area (Å²) in [6.07, 6.45) is 6.40. The molecule has 0 aromatic carbocycles. The van der Waals surface area contributed by atoms with Gasteiger partial charge < -0.3 is 19.8 Å². The van der Waals surface area contributed by atoms with Crippen LogP contribution in [0.25, 0.3) is 10.6 Å². The molecule has 1 aliphatic heterocycles. The van der Waals surface area contributed by atoms with Crippen molar-refractivity contribution in [1.29, 1.82) is 0 Å². The van der Waals surface area contributed by atoms with E-state index in [1.165, 1.54) is 22.5 Å². The molecule has 1 unspecified atom stereocenters. The van der Waals surface area contributed by atoms with Gasteiger partial charge in [-0.05, 0) is 44.7 Å². The van der Waals surface area contributed by atoms with E-state index >= 15 is 0 Å². The summed E-state index contributed by atoms with van der Waals surface area (Å²) >= 11 is 1.16. The summed E-state index contributed by atoms with van der Waals surface area (Å²) in [6, 6.07) is 1.18. The van der Waals surface area contributed by atoms with E-state index in [1.54, 1.807) is 0 Å². The molecule has 41 heavy (non-hydrogen) atoms. The molecule has 3 aromatic heterocycles. The van der Waals surface area contributed by atoms with Crippen LogP contribution < -0.4 is 5.32 Å². The van der Waals surface area contributed by atoms with Crippen LogP contribution in [0, 0.1) is 11.8 Å². The highest BCUT2D eigenvalue weighted by atomic mass is 32.1. The van der Waals surface area contributed by atoms with Gasteiger partial charge in [-0.25, -0.2) is 23.6 Å². The Labute approximate surface area is 237 Å². The molecule has 17 heteroatoms. The van der Waals surface area contributed by atoms with E-state index in [-0.39, 0.29) is 35.8 Å². The van der Waals surface area contributed by atoms with E-state index in [4.69, 9.17) is 14.5 Å². The van der Waals surface area contributed by atoms with Crippen molar-refractivity contribution in [3.63, 3.8) is 0 Å². The number of phosphoric ester groups is 1. The number of pyridine rings is 1. The minimum absolute atomic E-state index is 0.0530. The topological polar surface area (TPSA) is 164 Å². The van der Waals surface area contributed by atoms with Crippen LogP contribution in [0.3, 0.4) is 0 Å². The molecule has 13 nitrogen and oxygen atoms in total. The number of carbonyl (C=O) groups excluding carboxylic acids is 1. The minimum atomic E-state index is -4.66. The van der Waals surface area contributed by atoms with E-state index in [1.807, 2.05) is 11.9 Å². The van der Waals surface area contributed by atoms with Crippen molar-refractivity contribution in [1.82, 2.24) is 30.1 Å². The fraction of sp³-hybridized carbons (Fsp3) is 0.458. The lowest BCUT2D eigenvalue weighted by Gasteiger charge is -2.33. The zero-order valence-corrected chi connectivity index (χ0v) is 23.6. The molecule has 5 rings (SSSR count). The Morgan fingerprint density at radius 3 is 2.73 bits per heavy atom. The zero-order chi connectivity index (χ0) is 29.1. The predicted octanol–water partition coefficient (Wildman–Crippen LogP) is 2.91. The summed E-state index contributed by atoms with van der Waals surface area (Å²) in [4.78, 5) is 39.0. The van der Waals surface area contributed by atoms with Crippen LogP contribution in [-0.4, -0.2) is 77.5 Å². The number of nitrogens with one attached hydrogen (secondary N) is 1.